The third-order valence-electron chi connectivity index (χ3n) is 7.57. The maximum absolute atomic E-state index is 13.3. The number of thiophene rings is 1. The third kappa shape index (κ3) is 12.5. The second kappa shape index (κ2) is 19.4. The maximum atomic E-state index is 13.3. The van der Waals surface area contributed by atoms with Crippen LogP contribution >= 0.6 is 23.1 Å². The molecule has 0 bridgehead atoms. The van der Waals surface area contributed by atoms with Crippen LogP contribution in [-0.2, 0) is 33.5 Å². The van der Waals surface area contributed by atoms with Crippen LogP contribution in [0.3, 0.4) is 0 Å². The molecular formula is C34H43N4O11S2-. The van der Waals surface area contributed by atoms with Crippen molar-refractivity contribution < 1.29 is 43.1 Å². The standard InChI is InChI=1S/C34H43N4O11S2/c1-22(47-29(39)25(35-30(40)33(2,3)20-45-36-43)19-51-31(41)34(4,5)21-46-37-44)48-32(42)38(6)17-16-27(28-15-10-18-50-28)49-26-14-9-12-23-11-7-8-13-24(23)26/h7-15,18,22,25,27,36H,16-17,19-21H2,1-6H3,(H,35,40)/q-1/t22?,25?,27-/m0/s1. The van der Waals surface area contributed by atoms with Crippen molar-refractivity contribution >= 4 is 57.0 Å². The summed E-state index contributed by atoms with van der Waals surface area (Å²) in [5, 5.41) is 18.9. The number of amides is 2. The number of rotatable bonds is 20. The fourth-order valence-corrected chi connectivity index (χ4v) is 6.26. The minimum absolute atomic E-state index is 0.235. The van der Waals surface area contributed by atoms with Crippen LogP contribution in [0, 0.1) is 20.9 Å². The zero-order valence-electron chi connectivity index (χ0n) is 29.2. The zero-order chi connectivity index (χ0) is 37.6. The minimum atomic E-state index is -1.39. The number of hydrogen-bond acceptors (Lipinski definition) is 15. The Hall–Kier alpha value is -4.29. The molecule has 0 aliphatic rings. The first-order chi connectivity index (χ1) is 24.2. The summed E-state index contributed by atoms with van der Waals surface area (Å²) in [6, 6.07) is 16.2. The molecule has 51 heavy (non-hydrogen) atoms. The number of benzene rings is 2. The van der Waals surface area contributed by atoms with Gasteiger partial charge in [0.05, 0.1) is 17.4 Å². The number of carbonyl (C=O) groups is 4. The van der Waals surface area contributed by atoms with Crippen molar-refractivity contribution in [1.29, 1.82) is 0 Å². The van der Waals surface area contributed by atoms with Crippen LogP contribution in [-0.4, -0.2) is 72.9 Å². The Morgan fingerprint density at radius 2 is 1.71 bits per heavy atom. The van der Waals surface area contributed by atoms with Gasteiger partial charge in [-0.2, -0.15) is 0 Å². The highest BCUT2D eigenvalue weighted by Gasteiger charge is 2.36. The second-order valence-corrected chi connectivity index (χ2v) is 14.8. The molecule has 0 spiro atoms. The Bertz CT molecular complexity index is 1620. The lowest BCUT2D eigenvalue weighted by Crippen LogP contribution is -2.51. The van der Waals surface area contributed by atoms with Crippen LogP contribution in [0.2, 0.25) is 0 Å². The number of esters is 1. The molecule has 0 radical (unpaired) electrons. The van der Waals surface area contributed by atoms with Gasteiger partial charge in [-0.3, -0.25) is 15.2 Å². The second-order valence-electron chi connectivity index (χ2n) is 12.8. The topological polar surface area (TPSA) is 194 Å². The molecule has 2 N–H and O–H groups in total. The molecule has 17 heteroatoms. The van der Waals surface area contributed by atoms with Gasteiger partial charge in [0, 0.05) is 43.0 Å². The van der Waals surface area contributed by atoms with Crippen LogP contribution in [0.4, 0.5) is 4.79 Å². The Labute approximate surface area is 304 Å². The van der Waals surface area contributed by atoms with E-state index in [0.29, 0.717) is 23.9 Å². The van der Waals surface area contributed by atoms with Crippen molar-refractivity contribution in [2.45, 2.75) is 59.5 Å². The normalized spacial score (nSPS) is 13.4. The average molecular weight is 748 g/mol. The molecule has 3 atom stereocenters. The highest BCUT2D eigenvalue weighted by molar-refractivity contribution is 8.13. The lowest BCUT2D eigenvalue weighted by molar-refractivity contribution is -0.169. The summed E-state index contributed by atoms with van der Waals surface area (Å²) in [6.07, 6.45) is -2.09. The van der Waals surface area contributed by atoms with Crippen molar-refractivity contribution in [3.8, 4) is 5.75 Å². The number of fused-ring (bicyclic) bond motifs is 1. The van der Waals surface area contributed by atoms with Crippen LogP contribution in [0.15, 0.2) is 65.3 Å². The summed E-state index contributed by atoms with van der Waals surface area (Å²) >= 11 is 2.24. The molecule has 0 aliphatic carbocycles. The number of ether oxygens (including phenoxy) is 3. The number of nitrogens with one attached hydrogen (secondary N) is 2. The zero-order valence-corrected chi connectivity index (χ0v) is 30.9. The van der Waals surface area contributed by atoms with Gasteiger partial charge >= 0.3 is 12.1 Å². The van der Waals surface area contributed by atoms with Crippen molar-refractivity contribution in [2.75, 3.05) is 32.6 Å². The molecule has 3 rings (SSSR count). The fourth-order valence-electron chi connectivity index (χ4n) is 4.49. The van der Waals surface area contributed by atoms with E-state index in [1.54, 1.807) is 0 Å². The molecule has 2 unspecified atom stereocenters. The quantitative estimate of drug-likeness (QED) is 0.0603. The molecule has 3 aromatic rings. The highest BCUT2D eigenvalue weighted by atomic mass is 32.2. The first kappa shape index (κ1) is 41.1. The van der Waals surface area contributed by atoms with Gasteiger partial charge in [0.15, 0.2) is 10.5 Å². The highest BCUT2D eigenvalue weighted by Crippen LogP contribution is 2.33. The summed E-state index contributed by atoms with van der Waals surface area (Å²) in [5.41, 5.74) is -1.17. The first-order valence-electron chi connectivity index (χ1n) is 15.9. The third-order valence-corrected chi connectivity index (χ3v) is 9.85. The molecule has 2 aromatic carbocycles. The summed E-state index contributed by atoms with van der Waals surface area (Å²) in [5.74, 6) is -1.24. The van der Waals surface area contributed by atoms with Crippen LogP contribution in [0.5, 0.6) is 5.75 Å². The molecule has 1 aromatic heterocycles. The Morgan fingerprint density at radius 3 is 2.39 bits per heavy atom. The summed E-state index contributed by atoms with van der Waals surface area (Å²) in [6.45, 7) is 6.92. The summed E-state index contributed by atoms with van der Waals surface area (Å²) in [4.78, 5) is 74.0. The lowest BCUT2D eigenvalue weighted by Gasteiger charge is -2.28. The average Bonchev–Trinajstić information content (AvgIpc) is 3.64. The van der Waals surface area contributed by atoms with Crippen LogP contribution < -0.4 is 15.7 Å². The smallest absolute Gasteiger partial charge is 0.412 e. The minimum Gasteiger partial charge on any atom is -0.765 e. The van der Waals surface area contributed by atoms with Crippen molar-refractivity contribution in [1.82, 2.24) is 15.9 Å². The first-order valence-corrected chi connectivity index (χ1v) is 17.8. The lowest BCUT2D eigenvalue weighted by atomic mass is 9.93. The molecule has 1 heterocycles. The van der Waals surface area contributed by atoms with Crippen molar-refractivity contribution in [3.63, 3.8) is 0 Å². The van der Waals surface area contributed by atoms with E-state index in [1.807, 2.05) is 60.0 Å². The van der Waals surface area contributed by atoms with E-state index < -0.39 is 46.2 Å². The molecule has 278 valence electrons. The molecule has 2 amide bonds. The Kier molecular flexibility index (Phi) is 15.6. The van der Waals surface area contributed by atoms with E-state index in [4.69, 9.17) is 14.2 Å². The number of thioether (sulfide) groups is 1. The predicted octanol–water partition coefficient (Wildman–Crippen LogP) is 5.88. The summed E-state index contributed by atoms with van der Waals surface area (Å²) in [7, 11) is 1.54. The molecular weight excluding hydrogens is 705 g/mol. The SMILES string of the molecule is CC(OC(=O)C(CSC(=O)C(C)(C)CON=O)NC(=O)C(C)(C)CON[O-])OC(=O)N(C)CC[C@H](Oc1cccc2ccccc12)c1cccs1. The van der Waals surface area contributed by atoms with E-state index in [1.165, 1.54) is 63.5 Å². The number of nitrogens with zero attached hydrogens (tertiary/aromatic N) is 2. The summed E-state index contributed by atoms with van der Waals surface area (Å²) < 4.78 is 17.2. The van der Waals surface area contributed by atoms with E-state index in [0.717, 1.165) is 15.6 Å². The largest absolute Gasteiger partial charge is 0.765 e. The molecule has 0 saturated carbocycles. The van der Waals surface area contributed by atoms with E-state index in [9.17, 15) is 29.3 Å². The van der Waals surface area contributed by atoms with Gasteiger partial charge in [-0.25, -0.2) is 9.59 Å². The van der Waals surface area contributed by atoms with Gasteiger partial charge in [-0.1, -0.05) is 54.2 Å². The van der Waals surface area contributed by atoms with Gasteiger partial charge in [0.2, 0.25) is 12.2 Å². The Balaban J connectivity index is 1.63. The van der Waals surface area contributed by atoms with Gasteiger partial charge in [-0.15, -0.1) is 16.2 Å². The van der Waals surface area contributed by atoms with E-state index >= 15 is 0 Å². The molecule has 0 saturated heterocycles. The number of carbonyl (C=O) groups excluding carboxylic acids is 4. The monoisotopic (exact) mass is 747 g/mol. The van der Waals surface area contributed by atoms with E-state index in [-0.39, 0.29) is 31.6 Å². The predicted molar refractivity (Wildman–Crippen MR) is 192 cm³/mol. The van der Waals surface area contributed by atoms with Crippen molar-refractivity contribution in [3.05, 3.63) is 75.0 Å². The van der Waals surface area contributed by atoms with Gasteiger partial charge in [-0.05, 0) is 50.6 Å². The maximum Gasteiger partial charge on any atom is 0.412 e. The van der Waals surface area contributed by atoms with Crippen molar-refractivity contribution in [2.24, 2.45) is 16.2 Å². The molecule has 0 aliphatic heterocycles. The van der Waals surface area contributed by atoms with Gasteiger partial charge < -0.3 is 39.3 Å². The van der Waals surface area contributed by atoms with Gasteiger partial charge in [0.25, 0.3) is 0 Å². The van der Waals surface area contributed by atoms with E-state index in [2.05, 4.69) is 20.3 Å². The molecule has 15 nitrogen and oxygen atoms in total. The Morgan fingerprint density at radius 1 is 0.980 bits per heavy atom. The van der Waals surface area contributed by atoms with Crippen LogP contribution in [0.1, 0.15) is 52.0 Å². The number of hydrogen-bond donors (Lipinski definition) is 2. The van der Waals surface area contributed by atoms with Gasteiger partial charge in [0.1, 0.15) is 24.5 Å². The molecule has 0 fully saturated rings. The van der Waals surface area contributed by atoms with Crippen LogP contribution in [0.25, 0.3) is 10.8 Å². The fraction of sp³-hybridized carbons (Fsp3) is 0.471.